The molecule has 2 aliphatic heterocycles. The zero-order valence-corrected chi connectivity index (χ0v) is 15.3. The molecule has 4 rings (SSSR count). The number of piperidine rings is 2. The molecule has 1 aromatic rings. The fourth-order valence-corrected chi connectivity index (χ4v) is 4.21. The van der Waals surface area contributed by atoms with E-state index in [2.05, 4.69) is 15.3 Å². The maximum Gasteiger partial charge on any atom is 0.244 e. The van der Waals surface area contributed by atoms with Gasteiger partial charge in [0.1, 0.15) is 6.54 Å². The number of nitrogens with one attached hydrogen (secondary N) is 1. The third-order valence-corrected chi connectivity index (χ3v) is 5.94. The van der Waals surface area contributed by atoms with E-state index in [1.54, 1.807) is 10.9 Å². The lowest BCUT2D eigenvalue weighted by Gasteiger charge is -2.42. The van der Waals surface area contributed by atoms with Gasteiger partial charge in [0.05, 0.1) is 5.92 Å². The van der Waals surface area contributed by atoms with Crippen LogP contribution < -0.4 is 5.32 Å². The zero-order chi connectivity index (χ0) is 17.9. The van der Waals surface area contributed by atoms with Crippen molar-refractivity contribution in [3.63, 3.8) is 0 Å². The van der Waals surface area contributed by atoms with Crippen LogP contribution in [0, 0.1) is 5.92 Å². The summed E-state index contributed by atoms with van der Waals surface area (Å²) in [6.07, 6.45) is 9.93. The van der Waals surface area contributed by atoms with Crippen molar-refractivity contribution in [3.8, 4) is 0 Å². The molecule has 1 aliphatic carbocycles. The molecule has 0 spiro atoms. The van der Waals surface area contributed by atoms with E-state index in [1.807, 2.05) is 17.2 Å². The van der Waals surface area contributed by atoms with Crippen LogP contribution in [0.15, 0.2) is 18.5 Å². The first-order valence-electron chi connectivity index (χ1n) is 9.98. The average Bonchev–Trinajstić information content (AvgIpc) is 3.34. The maximum absolute atomic E-state index is 12.4. The highest BCUT2D eigenvalue weighted by Crippen LogP contribution is 2.26. The fourth-order valence-electron chi connectivity index (χ4n) is 4.21. The summed E-state index contributed by atoms with van der Waals surface area (Å²) in [4.78, 5) is 29.2. The molecule has 2 amide bonds. The topological polar surface area (TPSA) is 70.5 Å². The molecular formula is C19H29N5O2. The predicted octanol–water partition coefficient (Wildman–Crippen LogP) is 0.865. The van der Waals surface area contributed by atoms with E-state index in [4.69, 9.17) is 0 Å². The SMILES string of the molecule is O=C(NC1CC1)[C@H]1CCCN(C2CCN(C(=O)Cn3cccn3)CC2)C1. The molecular weight excluding hydrogens is 330 g/mol. The summed E-state index contributed by atoms with van der Waals surface area (Å²) in [5, 5.41) is 7.28. The van der Waals surface area contributed by atoms with E-state index >= 15 is 0 Å². The Balaban J connectivity index is 1.24. The second kappa shape index (κ2) is 7.78. The summed E-state index contributed by atoms with van der Waals surface area (Å²) in [5.74, 6) is 0.542. The van der Waals surface area contributed by atoms with E-state index < -0.39 is 0 Å². The van der Waals surface area contributed by atoms with Crippen LogP contribution in [-0.2, 0) is 16.1 Å². The number of carbonyl (C=O) groups is 2. The smallest absolute Gasteiger partial charge is 0.244 e. The van der Waals surface area contributed by atoms with E-state index in [0.29, 0.717) is 18.6 Å². The van der Waals surface area contributed by atoms with Gasteiger partial charge in [-0.2, -0.15) is 5.10 Å². The minimum Gasteiger partial charge on any atom is -0.353 e. The Kier molecular flexibility index (Phi) is 5.24. The summed E-state index contributed by atoms with van der Waals surface area (Å²) in [6.45, 7) is 3.90. The first-order valence-corrected chi connectivity index (χ1v) is 9.98. The summed E-state index contributed by atoms with van der Waals surface area (Å²) in [6, 6.07) is 2.79. The normalized spacial score (nSPS) is 25.2. The molecule has 3 aliphatic rings. The van der Waals surface area contributed by atoms with E-state index in [-0.39, 0.29) is 17.7 Å². The van der Waals surface area contributed by atoms with Gasteiger partial charge in [0.25, 0.3) is 0 Å². The monoisotopic (exact) mass is 359 g/mol. The van der Waals surface area contributed by atoms with Crippen molar-refractivity contribution in [2.45, 2.75) is 57.2 Å². The molecule has 26 heavy (non-hydrogen) atoms. The van der Waals surface area contributed by atoms with Gasteiger partial charge in [-0.25, -0.2) is 0 Å². The Morgan fingerprint density at radius 2 is 1.88 bits per heavy atom. The van der Waals surface area contributed by atoms with Gasteiger partial charge in [-0.05, 0) is 51.1 Å². The summed E-state index contributed by atoms with van der Waals surface area (Å²) < 4.78 is 1.68. The quantitative estimate of drug-likeness (QED) is 0.847. The van der Waals surface area contributed by atoms with Gasteiger partial charge in [-0.1, -0.05) is 0 Å². The van der Waals surface area contributed by atoms with Crippen LogP contribution in [0.25, 0.3) is 0 Å². The number of carbonyl (C=O) groups excluding carboxylic acids is 2. The van der Waals surface area contributed by atoms with Gasteiger partial charge in [0, 0.05) is 44.1 Å². The molecule has 0 unspecified atom stereocenters. The highest BCUT2D eigenvalue weighted by molar-refractivity contribution is 5.79. The second-order valence-corrected chi connectivity index (χ2v) is 7.93. The average molecular weight is 359 g/mol. The van der Waals surface area contributed by atoms with Gasteiger partial charge < -0.3 is 10.2 Å². The van der Waals surface area contributed by atoms with Gasteiger partial charge in [-0.3, -0.25) is 19.2 Å². The number of amides is 2. The summed E-state index contributed by atoms with van der Waals surface area (Å²) in [7, 11) is 0. The van der Waals surface area contributed by atoms with Crippen LogP contribution >= 0.6 is 0 Å². The number of nitrogens with zero attached hydrogens (tertiary/aromatic N) is 4. The molecule has 2 saturated heterocycles. The maximum atomic E-state index is 12.4. The van der Waals surface area contributed by atoms with E-state index in [9.17, 15) is 9.59 Å². The van der Waals surface area contributed by atoms with Crippen molar-refractivity contribution in [2.75, 3.05) is 26.2 Å². The standard InChI is InChI=1S/C19H29N5O2/c25-18(14-24-10-2-8-20-24)22-11-6-17(7-12-22)23-9-1-3-15(13-23)19(26)21-16-4-5-16/h2,8,10,15-17H,1,3-7,9,11-14H2,(H,21,26)/t15-/m0/s1. The summed E-state index contributed by atoms with van der Waals surface area (Å²) >= 11 is 0. The van der Waals surface area contributed by atoms with Crippen LogP contribution in [0.5, 0.6) is 0 Å². The Morgan fingerprint density at radius 1 is 1.08 bits per heavy atom. The summed E-state index contributed by atoms with van der Waals surface area (Å²) in [5.41, 5.74) is 0. The van der Waals surface area contributed by atoms with Gasteiger partial charge in [0.15, 0.2) is 0 Å². The van der Waals surface area contributed by atoms with Gasteiger partial charge in [-0.15, -0.1) is 0 Å². The molecule has 7 nitrogen and oxygen atoms in total. The minimum absolute atomic E-state index is 0.142. The fraction of sp³-hybridized carbons (Fsp3) is 0.737. The molecule has 1 aromatic heterocycles. The van der Waals surface area contributed by atoms with Crippen LogP contribution in [-0.4, -0.2) is 69.7 Å². The predicted molar refractivity (Wildman–Crippen MR) is 97.3 cm³/mol. The number of hydrogen-bond acceptors (Lipinski definition) is 4. The third kappa shape index (κ3) is 4.26. The number of rotatable bonds is 5. The minimum atomic E-state index is 0.142. The second-order valence-electron chi connectivity index (χ2n) is 7.93. The molecule has 3 fully saturated rings. The van der Waals surface area contributed by atoms with Gasteiger partial charge >= 0.3 is 0 Å². The Morgan fingerprint density at radius 3 is 2.58 bits per heavy atom. The van der Waals surface area contributed by atoms with Crippen molar-refractivity contribution in [2.24, 2.45) is 5.92 Å². The molecule has 142 valence electrons. The van der Waals surface area contributed by atoms with Crippen molar-refractivity contribution < 1.29 is 9.59 Å². The van der Waals surface area contributed by atoms with Crippen LogP contribution in [0.4, 0.5) is 0 Å². The van der Waals surface area contributed by atoms with Crippen molar-refractivity contribution >= 4 is 11.8 Å². The number of likely N-dealkylation sites (tertiary alicyclic amines) is 2. The zero-order valence-electron chi connectivity index (χ0n) is 15.3. The molecule has 1 N–H and O–H groups in total. The Hall–Kier alpha value is -1.89. The molecule has 0 aromatic carbocycles. The first kappa shape index (κ1) is 17.5. The Bertz CT molecular complexity index is 620. The number of aromatic nitrogens is 2. The van der Waals surface area contributed by atoms with Crippen molar-refractivity contribution in [1.29, 1.82) is 0 Å². The van der Waals surface area contributed by atoms with Crippen molar-refractivity contribution in [3.05, 3.63) is 18.5 Å². The van der Waals surface area contributed by atoms with E-state index in [0.717, 1.165) is 64.7 Å². The molecule has 1 saturated carbocycles. The van der Waals surface area contributed by atoms with E-state index in [1.165, 1.54) is 0 Å². The molecule has 1 atom stereocenters. The largest absolute Gasteiger partial charge is 0.353 e. The highest BCUT2D eigenvalue weighted by atomic mass is 16.2. The molecule has 0 bridgehead atoms. The van der Waals surface area contributed by atoms with Crippen LogP contribution in [0.1, 0.15) is 38.5 Å². The lowest BCUT2D eigenvalue weighted by Crippen LogP contribution is -2.52. The third-order valence-electron chi connectivity index (χ3n) is 5.94. The first-order chi connectivity index (χ1) is 12.7. The molecule has 0 radical (unpaired) electrons. The number of hydrogen-bond donors (Lipinski definition) is 1. The Labute approximate surface area is 154 Å². The lowest BCUT2D eigenvalue weighted by atomic mass is 9.93. The highest BCUT2D eigenvalue weighted by Gasteiger charge is 2.34. The van der Waals surface area contributed by atoms with Crippen molar-refractivity contribution in [1.82, 2.24) is 24.9 Å². The molecule has 7 heteroatoms. The molecule has 3 heterocycles. The lowest BCUT2D eigenvalue weighted by molar-refractivity contribution is -0.133. The van der Waals surface area contributed by atoms with Crippen LogP contribution in [0.2, 0.25) is 0 Å². The van der Waals surface area contributed by atoms with Gasteiger partial charge in [0.2, 0.25) is 11.8 Å². The van der Waals surface area contributed by atoms with Crippen LogP contribution in [0.3, 0.4) is 0 Å².